The molecule has 3 rings (SSSR count). The van der Waals surface area contributed by atoms with Crippen LogP contribution in [-0.2, 0) is 11.2 Å². The van der Waals surface area contributed by atoms with Gasteiger partial charge in [-0.2, -0.15) is 0 Å². The van der Waals surface area contributed by atoms with Gasteiger partial charge in [0, 0.05) is 6.42 Å². The van der Waals surface area contributed by atoms with E-state index in [1.807, 2.05) is 18.2 Å². The SMILES string of the molecule is O=C(O)CCC/C=C\C[C@@H]1[C@@H]2CC[C@@H](C2)[C@@H]1CCC(O)Cc1ccccc1. The molecule has 2 aliphatic carbocycles. The molecule has 2 aliphatic rings. The highest BCUT2D eigenvalue weighted by Crippen LogP contribution is 2.55. The molecule has 0 aliphatic heterocycles. The molecule has 1 unspecified atom stereocenters. The summed E-state index contributed by atoms with van der Waals surface area (Å²) in [5.74, 6) is 2.56. The fraction of sp³-hybridized carbons (Fsp3) is 0.625. The molecule has 2 bridgehead atoms. The van der Waals surface area contributed by atoms with Gasteiger partial charge in [-0.1, -0.05) is 42.5 Å². The molecule has 0 spiro atoms. The van der Waals surface area contributed by atoms with E-state index in [0.717, 1.165) is 62.2 Å². The van der Waals surface area contributed by atoms with Gasteiger partial charge in [0.15, 0.2) is 0 Å². The second kappa shape index (κ2) is 10.1. The number of aliphatic hydroxyl groups is 1. The number of carbonyl (C=O) groups is 1. The van der Waals surface area contributed by atoms with Crippen molar-refractivity contribution in [3.05, 3.63) is 48.0 Å². The predicted octanol–water partition coefficient (Wildman–Crippen LogP) is 5.23. The van der Waals surface area contributed by atoms with E-state index in [4.69, 9.17) is 5.11 Å². The minimum atomic E-state index is -0.703. The topological polar surface area (TPSA) is 57.5 Å². The molecule has 27 heavy (non-hydrogen) atoms. The van der Waals surface area contributed by atoms with Gasteiger partial charge in [0.2, 0.25) is 0 Å². The van der Waals surface area contributed by atoms with Crippen molar-refractivity contribution in [2.45, 2.75) is 70.3 Å². The molecule has 148 valence electrons. The van der Waals surface area contributed by atoms with E-state index in [9.17, 15) is 9.90 Å². The summed E-state index contributed by atoms with van der Waals surface area (Å²) in [4.78, 5) is 10.6. The molecule has 2 N–H and O–H groups in total. The van der Waals surface area contributed by atoms with Crippen LogP contribution in [0.3, 0.4) is 0 Å². The number of allylic oxidation sites excluding steroid dienone is 2. The van der Waals surface area contributed by atoms with Crippen LogP contribution in [0.4, 0.5) is 0 Å². The Bertz CT molecular complexity index is 609. The summed E-state index contributed by atoms with van der Waals surface area (Å²) in [6.07, 6.45) is 14.2. The summed E-state index contributed by atoms with van der Waals surface area (Å²) < 4.78 is 0. The first kappa shape index (κ1) is 20.1. The zero-order valence-electron chi connectivity index (χ0n) is 16.3. The van der Waals surface area contributed by atoms with E-state index < -0.39 is 5.97 Å². The van der Waals surface area contributed by atoms with Crippen molar-refractivity contribution in [3.63, 3.8) is 0 Å². The molecular formula is C24H34O3. The fourth-order valence-corrected chi connectivity index (χ4v) is 5.46. The van der Waals surface area contributed by atoms with Crippen LogP contribution in [-0.4, -0.2) is 22.3 Å². The molecule has 1 aromatic carbocycles. The van der Waals surface area contributed by atoms with E-state index >= 15 is 0 Å². The second-order valence-corrected chi connectivity index (χ2v) is 8.57. The molecule has 0 radical (unpaired) electrons. The Morgan fingerprint density at radius 1 is 1.11 bits per heavy atom. The Hall–Kier alpha value is -1.61. The molecule has 0 saturated heterocycles. The maximum Gasteiger partial charge on any atom is 0.303 e. The van der Waals surface area contributed by atoms with Gasteiger partial charge >= 0.3 is 5.97 Å². The Morgan fingerprint density at radius 2 is 1.85 bits per heavy atom. The Morgan fingerprint density at radius 3 is 2.59 bits per heavy atom. The van der Waals surface area contributed by atoms with Crippen molar-refractivity contribution in [2.24, 2.45) is 23.7 Å². The number of unbranched alkanes of at least 4 members (excludes halogenated alkanes) is 1. The Labute approximate surface area is 163 Å². The van der Waals surface area contributed by atoms with E-state index in [2.05, 4.69) is 24.3 Å². The quantitative estimate of drug-likeness (QED) is 0.414. The van der Waals surface area contributed by atoms with Crippen molar-refractivity contribution in [1.29, 1.82) is 0 Å². The number of carboxylic acids is 1. The van der Waals surface area contributed by atoms with E-state index in [0.29, 0.717) is 0 Å². The number of aliphatic carboxylic acids is 1. The van der Waals surface area contributed by atoms with Crippen LogP contribution in [0.2, 0.25) is 0 Å². The van der Waals surface area contributed by atoms with Crippen LogP contribution < -0.4 is 0 Å². The number of benzene rings is 1. The lowest BCUT2D eigenvalue weighted by Gasteiger charge is -2.31. The summed E-state index contributed by atoms with van der Waals surface area (Å²) in [7, 11) is 0. The monoisotopic (exact) mass is 370 g/mol. The van der Waals surface area contributed by atoms with Crippen molar-refractivity contribution < 1.29 is 15.0 Å². The first-order valence-electron chi connectivity index (χ1n) is 10.7. The fourth-order valence-electron chi connectivity index (χ4n) is 5.46. The van der Waals surface area contributed by atoms with Gasteiger partial charge in [-0.3, -0.25) is 4.79 Å². The van der Waals surface area contributed by atoms with Crippen LogP contribution in [0.1, 0.15) is 63.4 Å². The molecule has 0 heterocycles. The van der Waals surface area contributed by atoms with Crippen molar-refractivity contribution in [3.8, 4) is 0 Å². The highest BCUT2D eigenvalue weighted by molar-refractivity contribution is 5.66. The van der Waals surface area contributed by atoms with Crippen molar-refractivity contribution in [2.75, 3.05) is 0 Å². The normalized spacial score (nSPS) is 28.0. The third kappa shape index (κ3) is 5.93. The molecule has 2 saturated carbocycles. The third-order valence-electron chi connectivity index (χ3n) is 6.76. The number of hydrogen-bond donors (Lipinski definition) is 2. The zero-order valence-corrected chi connectivity index (χ0v) is 16.3. The first-order valence-corrected chi connectivity index (χ1v) is 10.7. The van der Waals surface area contributed by atoms with Gasteiger partial charge in [-0.05, 0) is 87.0 Å². The predicted molar refractivity (Wildman–Crippen MR) is 108 cm³/mol. The van der Waals surface area contributed by atoms with Crippen LogP contribution >= 0.6 is 0 Å². The highest BCUT2D eigenvalue weighted by Gasteiger charge is 2.46. The number of rotatable bonds is 11. The first-order chi connectivity index (χ1) is 13.1. The van der Waals surface area contributed by atoms with E-state index in [1.54, 1.807) is 0 Å². The summed E-state index contributed by atoms with van der Waals surface area (Å²) in [5, 5.41) is 19.2. The molecule has 0 aromatic heterocycles. The number of fused-ring (bicyclic) bond motifs is 2. The second-order valence-electron chi connectivity index (χ2n) is 8.57. The van der Waals surface area contributed by atoms with Crippen LogP contribution in [0.15, 0.2) is 42.5 Å². The number of carboxylic acid groups (broad SMARTS) is 1. The van der Waals surface area contributed by atoms with Crippen molar-refractivity contribution in [1.82, 2.24) is 0 Å². The summed E-state index contributed by atoms with van der Waals surface area (Å²) >= 11 is 0. The molecule has 3 heteroatoms. The minimum Gasteiger partial charge on any atom is -0.481 e. The van der Waals surface area contributed by atoms with Gasteiger partial charge in [-0.25, -0.2) is 0 Å². The summed E-state index contributed by atoms with van der Waals surface area (Å²) in [6, 6.07) is 10.3. The standard InChI is InChI=1S/C24H34O3/c25-21(16-18-8-4-3-5-9-18)14-15-23-20-13-12-19(17-20)22(23)10-6-1-2-7-11-24(26)27/h1,3-6,8-9,19-23,25H,2,7,10-17H2,(H,26,27)/b6-1-/t19-,20+,21?,22-,23+/m1/s1. The lowest BCUT2D eigenvalue weighted by atomic mass is 9.75. The van der Waals surface area contributed by atoms with Gasteiger partial charge in [0.25, 0.3) is 0 Å². The number of hydrogen-bond acceptors (Lipinski definition) is 2. The largest absolute Gasteiger partial charge is 0.481 e. The minimum absolute atomic E-state index is 0.237. The third-order valence-corrected chi connectivity index (χ3v) is 6.76. The zero-order chi connectivity index (χ0) is 19.1. The maximum absolute atomic E-state index is 10.6. The van der Waals surface area contributed by atoms with Crippen LogP contribution in [0, 0.1) is 23.7 Å². The molecule has 5 atom stereocenters. The van der Waals surface area contributed by atoms with Crippen LogP contribution in [0.25, 0.3) is 0 Å². The molecular weight excluding hydrogens is 336 g/mol. The smallest absolute Gasteiger partial charge is 0.303 e. The lowest BCUT2D eigenvalue weighted by Crippen LogP contribution is -2.24. The highest BCUT2D eigenvalue weighted by atomic mass is 16.4. The van der Waals surface area contributed by atoms with Gasteiger partial charge < -0.3 is 10.2 Å². The van der Waals surface area contributed by atoms with Gasteiger partial charge in [0.1, 0.15) is 0 Å². The number of aliphatic hydroxyl groups excluding tert-OH is 1. The molecule has 3 nitrogen and oxygen atoms in total. The average molecular weight is 371 g/mol. The molecule has 0 amide bonds. The Balaban J connectivity index is 1.43. The summed E-state index contributed by atoms with van der Waals surface area (Å²) in [5.41, 5.74) is 1.22. The van der Waals surface area contributed by atoms with E-state index in [1.165, 1.54) is 24.8 Å². The average Bonchev–Trinajstić information content (AvgIpc) is 3.25. The van der Waals surface area contributed by atoms with E-state index in [-0.39, 0.29) is 12.5 Å². The van der Waals surface area contributed by atoms with Crippen molar-refractivity contribution >= 4 is 5.97 Å². The lowest BCUT2D eigenvalue weighted by molar-refractivity contribution is -0.137. The van der Waals surface area contributed by atoms with Gasteiger partial charge in [-0.15, -0.1) is 0 Å². The molecule has 1 aromatic rings. The Kier molecular flexibility index (Phi) is 7.51. The van der Waals surface area contributed by atoms with Gasteiger partial charge in [0.05, 0.1) is 6.10 Å². The summed E-state index contributed by atoms with van der Waals surface area (Å²) in [6.45, 7) is 0. The molecule has 2 fully saturated rings. The maximum atomic E-state index is 10.6. The van der Waals surface area contributed by atoms with Crippen LogP contribution in [0.5, 0.6) is 0 Å².